The highest BCUT2D eigenvalue weighted by Crippen LogP contribution is 2.22. The zero-order valence-electron chi connectivity index (χ0n) is 12.0. The maximum atomic E-state index is 5.92. The summed E-state index contributed by atoms with van der Waals surface area (Å²) in [5.74, 6) is 0.911. The van der Waals surface area contributed by atoms with E-state index in [2.05, 4.69) is 16.4 Å². The molecule has 1 aromatic heterocycles. The summed E-state index contributed by atoms with van der Waals surface area (Å²) >= 11 is 5.92. The fourth-order valence-electron chi connectivity index (χ4n) is 1.87. The molecule has 106 valence electrons. The van der Waals surface area contributed by atoms with Gasteiger partial charge >= 0.3 is 0 Å². The standard InChI is InChI=1S/C16H19ClN2O/c1-11(2)20-15-7-5-4-6-13(15)9-18-14-8-12(3)16(17)19-10-14/h4-8,10-11,18H,9H2,1-3H3. The number of aryl methyl sites for hydroxylation is 1. The van der Waals surface area contributed by atoms with E-state index >= 15 is 0 Å². The highest BCUT2D eigenvalue weighted by Gasteiger charge is 2.05. The first-order valence-electron chi connectivity index (χ1n) is 6.67. The van der Waals surface area contributed by atoms with Crippen LogP contribution in [-0.4, -0.2) is 11.1 Å². The van der Waals surface area contributed by atoms with Gasteiger partial charge in [-0.25, -0.2) is 4.98 Å². The Balaban J connectivity index is 2.08. The first-order chi connectivity index (χ1) is 9.56. The van der Waals surface area contributed by atoms with Crippen LogP contribution >= 0.6 is 11.6 Å². The molecular formula is C16H19ClN2O. The SMILES string of the molecule is Cc1cc(NCc2ccccc2OC(C)C)cnc1Cl. The molecule has 0 spiro atoms. The third-order valence-corrected chi connectivity index (χ3v) is 3.23. The van der Waals surface area contributed by atoms with Crippen LogP contribution in [0, 0.1) is 6.92 Å². The molecule has 0 aliphatic rings. The van der Waals surface area contributed by atoms with E-state index in [-0.39, 0.29) is 6.10 Å². The molecule has 0 atom stereocenters. The number of para-hydroxylation sites is 1. The van der Waals surface area contributed by atoms with Gasteiger partial charge in [-0.3, -0.25) is 0 Å². The van der Waals surface area contributed by atoms with Gasteiger partial charge in [0.05, 0.1) is 18.0 Å². The second-order valence-electron chi connectivity index (χ2n) is 4.96. The van der Waals surface area contributed by atoms with Crippen LogP contribution in [0.2, 0.25) is 5.15 Å². The average Bonchev–Trinajstić information content (AvgIpc) is 2.41. The lowest BCUT2D eigenvalue weighted by Crippen LogP contribution is -2.09. The number of nitrogens with zero attached hydrogens (tertiary/aromatic N) is 1. The summed E-state index contributed by atoms with van der Waals surface area (Å²) < 4.78 is 5.80. The molecule has 0 fully saturated rings. The van der Waals surface area contributed by atoms with Crippen LogP contribution in [-0.2, 0) is 6.54 Å². The van der Waals surface area contributed by atoms with Crippen molar-refractivity contribution in [3.8, 4) is 5.75 Å². The van der Waals surface area contributed by atoms with Gasteiger partial charge in [0.25, 0.3) is 0 Å². The maximum Gasteiger partial charge on any atom is 0.132 e. The molecule has 20 heavy (non-hydrogen) atoms. The summed E-state index contributed by atoms with van der Waals surface area (Å²) in [7, 11) is 0. The molecule has 2 aromatic rings. The zero-order valence-corrected chi connectivity index (χ0v) is 12.7. The van der Waals surface area contributed by atoms with Crippen LogP contribution in [0.1, 0.15) is 25.0 Å². The number of ether oxygens (including phenoxy) is 1. The maximum absolute atomic E-state index is 5.92. The first-order valence-corrected chi connectivity index (χ1v) is 7.04. The van der Waals surface area contributed by atoms with Crippen molar-refractivity contribution in [1.82, 2.24) is 4.98 Å². The molecule has 1 aromatic carbocycles. The predicted octanol–water partition coefficient (Wildman–Crippen LogP) is 4.44. The number of hydrogen-bond acceptors (Lipinski definition) is 3. The molecule has 0 aliphatic heterocycles. The van der Waals surface area contributed by atoms with Crippen LogP contribution < -0.4 is 10.1 Å². The molecule has 1 N–H and O–H groups in total. The Hall–Kier alpha value is -1.74. The van der Waals surface area contributed by atoms with Gasteiger partial charge in [0.1, 0.15) is 10.9 Å². The van der Waals surface area contributed by atoms with E-state index in [1.807, 2.05) is 45.0 Å². The fourth-order valence-corrected chi connectivity index (χ4v) is 1.97. The van der Waals surface area contributed by atoms with Crippen molar-refractivity contribution in [2.45, 2.75) is 33.4 Å². The second kappa shape index (κ2) is 6.62. The molecular weight excluding hydrogens is 272 g/mol. The number of rotatable bonds is 5. The van der Waals surface area contributed by atoms with Crippen molar-refractivity contribution in [3.05, 3.63) is 52.8 Å². The minimum atomic E-state index is 0.163. The molecule has 1 heterocycles. The van der Waals surface area contributed by atoms with E-state index in [1.54, 1.807) is 6.20 Å². The Labute approximate surface area is 124 Å². The van der Waals surface area contributed by atoms with Crippen molar-refractivity contribution in [3.63, 3.8) is 0 Å². The molecule has 0 aliphatic carbocycles. The van der Waals surface area contributed by atoms with Gasteiger partial charge in [0.15, 0.2) is 0 Å². The number of aromatic nitrogens is 1. The molecule has 4 heteroatoms. The monoisotopic (exact) mass is 290 g/mol. The number of nitrogens with one attached hydrogen (secondary N) is 1. The summed E-state index contributed by atoms with van der Waals surface area (Å²) in [6.45, 7) is 6.68. The van der Waals surface area contributed by atoms with E-state index in [0.717, 1.165) is 22.6 Å². The predicted molar refractivity (Wildman–Crippen MR) is 83.5 cm³/mol. The van der Waals surface area contributed by atoms with Gasteiger partial charge in [0, 0.05) is 12.1 Å². The van der Waals surface area contributed by atoms with Crippen LogP contribution in [0.4, 0.5) is 5.69 Å². The Bertz CT molecular complexity index is 584. The fraction of sp³-hybridized carbons (Fsp3) is 0.312. The quantitative estimate of drug-likeness (QED) is 0.827. The lowest BCUT2D eigenvalue weighted by molar-refractivity contribution is 0.240. The van der Waals surface area contributed by atoms with Crippen molar-refractivity contribution in [2.24, 2.45) is 0 Å². The molecule has 3 nitrogen and oxygen atoms in total. The van der Waals surface area contributed by atoms with Crippen LogP contribution in [0.15, 0.2) is 36.5 Å². The van der Waals surface area contributed by atoms with E-state index in [0.29, 0.717) is 11.7 Å². The molecule has 0 amide bonds. The van der Waals surface area contributed by atoms with Crippen molar-refractivity contribution in [2.75, 3.05) is 5.32 Å². The smallest absolute Gasteiger partial charge is 0.132 e. The van der Waals surface area contributed by atoms with Crippen LogP contribution in [0.5, 0.6) is 5.75 Å². The summed E-state index contributed by atoms with van der Waals surface area (Å²) in [5, 5.41) is 3.88. The molecule has 0 saturated heterocycles. The molecule has 0 unspecified atom stereocenters. The highest BCUT2D eigenvalue weighted by molar-refractivity contribution is 6.30. The third kappa shape index (κ3) is 3.87. The van der Waals surface area contributed by atoms with Gasteiger partial charge in [-0.05, 0) is 38.5 Å². The van der Waals surface area contributed by atoms with Crippen LogP contribution in [0.25, 0.3) is 0 Å². The Morgan fingerprint density at radius 2 is 2.05 bits per heavy atom. The van der Waals surface area contributed by atoms with E-state index in [4.69, 9.17) is 16.3 Å². The third-order valence-electron chi connectivity index (χ3n) is 2.83. The Morgan fingerprint density at radius 1 is 1.30 bits per heavy atom. The van der Waals surface area contributed by atoms with Gasteiger partial charge in [0.2, 0.25) is 0 Å². The Morgan fingerprint density at radius 3 is 2.75 bits per heavy atom. The largest absolute Gasteiger partial charge is 0.491 e. The van der Waals surface area contributed by atoms with Crippen molar-refractivity contribution in [1.29, 1.82) is 0 Å². The zero-order chi connectivity index (χ0) is 14.5. The second-order valence-corrected chi connectivity index (χ2v) is 5.32. The van der Waals surface area contributed by atoms with Gasteiger partial charge in [-0.2, -0.15) is 0 Å². The Kier molecular flexibility index (Phi) is 4.85. The lowest BCUT2D eigenvalue weighted by atomic mass is 10.2. The molecule has 0 saturated carbocycles. The topological polar surface area (TPSA) is 34.1 Å². The minimum Gasteiger partial charge on any atom is -0.491 e. The van der Waals surface area contributed by atoms with Crippen molar-refractivity contribution >= 4 is 17.3 Å². The summed E-state index contributed by atoms with van der Waals surface area (Å²) in [4.78, 5) is 4.13. The van der Waals surface area contributed by atoms with E-state index in [1.165, 1.54) is 0 Å². The first kappa shape index (κ1) is 14.7. The summed E-state index contributed by atoms with van der Waals surface area (Å²) in [5.41, 5.74) is 3.03. The van der Waals surface area contributed by atoms with E-state index in [9.17, 15) is 0 Å². The van der Waals surface area contributed by atoms with Crippen molar-refractivity contribution < 1.29 is 4.74 Å². The van der Waals surface area contributed by atoms with E-state index < -0.39 is 0 Å². The normalized spacial score (nSPS) is 10.7. The molecule has 2 rings (SSSR count). The van der Waals surface area contributed by atoms with Gasteiger partial charge < -0.3 is 10.1 Å². The van der Waals surface area contributed by atoms with Gasteiger partial charge in [-0.15, -0.1) is 0 Å². The highest BCUT2D eigenvalue weighted by atomic mass is 35.5. The number of pyridine rings is 1. The number of benzene rings is 1. The van der Waals surface area contributed by atoms with Crippen LogP contribution in [0.3, 0.4) is 0 Å². The minimum absolute atomic E-state index is 0.163. The molecule has 0 radical (unpaired) electrons. The lowest BCUT2D eigenvalue weighted by Gasteiger charge is -2.15. The number of halogens is 1. The van der Waals surface area contributed by atoms with Gasteiger partial charge in [-0.1, -0.05) is 29.8 Å². The molecule has 0 bridgehead atoms. The average molecular weight is 291 g/mol. The number of hydrogen-bond donors (Lipinski definition) is 1. The number of anilines is 1. The summed E-state index contributed by atoms with van der Waals surface area (Å²) in [6, 6.07) is 10.0. The summed E-state index contributed by atoms with van der Waals surface area (Å²) in [6.07, 6.45) is 1.90.